The Bertz CT molecular complexity index is 1370. The highest BCUT2D eigenvalue weighted by Gasteiger charge is 2.10. The van der Waals surface area contributed by atoms with Gasteiger partial charge in [-0.3, -0.25) is 9.36 Å². The van der Waals surface area contributed by atoms with Crippen molar-refractivity contribution in [2.75, 3.05) is 7.11 Å². The molecular formula is C27H25FN2O4. The summed E-state index contributed by atoms with van der Waals surface area (Å²) in [5, 5.41) is 9.68. The summed E-state index contributed by atoms with van der Waals surface area (Å²) in [6.07, 6.45) is 4.64. The summed E-state index contributed by atoms with van der Waals surface area (Å²) in [5.41, 5.74) is 2.44. The summed E-state index contributed by atoms with van der Waals surface area (Å²) >= 11 is 0. The molecule has 0 unspecified atom stereocenters. The van der Waals surface area contributed by atoms with Gasteiger partial charge in [0.1, 0.15) is 5.82 Å². The molecule has 0 aliphatic carbocycles. The van der Waals surface area contributed by atoms with E-state index < -0.39 is 0 Å². The highest BCUT2D eigenvalue weighted by Crippen LogP contribution is 2.27. The van der Waals surface area contributed by atoms with E-state index in [9.17, 15) is 19.1 Å². The van der Waals surface area contributed by atoms with E-state index in [1.807, 2.05) is 13.8 Å². The molecule has 0 bridgehead atoms. The predicted molar refractivity (Wildman–Crippen MR) is 131 cm³/mol. The second-order valence-electron chi connectivity index (χ2n) is 7.03. The molecule has 4 rings (SSSR count). The first-order chi connectivity index (χ1) is 16.4. The zero-order chi connectivity index (χ0) is 24.7. The minimum Gasteiger partial charge on any atom is -0.504 e. The van der Waals surface area contributed by atoms with Gasteiger partial charge in [0.05, 0.1) is 18.5 Å². The lowest BCUT2D eigenvalue weighted by molar-refractivity contribution is 0.104. The number of rotatable bonds is 6. The van der Waals surface area contributed by atoms with Gasteiger partial charge in [0.2, 0.25) is 0 Å². The van der Waals surface area contributed by atoms with E-state index >= 15 is 0 Å². The SMILES string of the molecule is CC.COc1cc(/C=C/C(=O)c2cccc(-n3cc(-c4ccc(F)cc4)[nH]c3=O)c2)ccc1O. The number of hydrogen-bond acceptors (Lipinski definition) is 4. The lowest BCUT2D eigenvalue weighted by Gasteiger charge is -2.04. The number of methoxy groups -OCH3 is 1. The number of ether oxygens (including phenoxy) is 1. The van der Waals surface area contributed by atoms with Crippen LogP contribution in [0.1, 0.15) is 29.8 Å². The molecular weight excluding hydrogens is 435 g/mol. The maximum atomic E-state index is 13.2. The van der Waals surface area contributed by atoms with Crippen molar-refractivity contribution in [3.63, 3.8) is 0 Å². The fraction of sp³-hybridized carbons (Fsp3) is 0.111. The third-order valence-corrected chi connectivity index (χ3v) is 4.91. The third-order valence-electron chi connectivity index (χ3n) is 4.91. The molecule has 1 aromatic heterocycles. The highest BCUT2D eigenvalue weighted by molar-refractivity contribution is 6.07. The Morgan fingerprint density at radius 1 is 1.06 bits per heavy atom. The fourth-order valence-electron chi connectivity index (χ4n) is 3.24. The third kappa shape index (κ3) is 5.50. The number of aromatic amines is 1. The van der Waals surface area contributed by atoms with Crippen molar-refractivity contribution < 1.29 is 19.0 Å². The number of carbonyl (C=O) groups excluding carboxylic acids is 1. The van der Waals surface area contributed by atoms with Crippen LogP contribution in [-0.4, -0.2) is 27.6 Å². The van der Waals surface area contributed by atoms with Crippen LogP contribution in [0.4, 0.5) is 4.39 Å². The molecule has 4 aromatic rings. The van der Waals surface area contributed by atoms with Crippen LogP contribution in [0.5, 0.6) is 11.5 Å². The van der Waals surface area contributed by atoms with Gasteiger partial charge < -0.3 is 14.8 Å². The molecule has 0 saturated carbocycles. The minimum atomic E-state index is -0.374. The number of allylic oxidation sites excluding steroid dienone is 1. The standard InChI is InChI=1S/C25H19FN2O4.C2H6/c1-32-24-13-16(6-12-23(24)30)5-11-22(29)18-3-2-4-20(14-18)28-15-21(27-25(28)31)17-7-9-19(26)10-8-17;1-2/h2-15,30H,1H3,(H,27,31);1-2H3/b11-5+;. The summed E-state index contributed by atoms with van der Waals surface area (Å²) in [6.45, 7) is 4.00. The number of aromatic nitrogens is 2. The number of halogens is 1. The molecule has 174 valence electrons. The van der Waals surface area contributed by atoms with Gasteiger partial charge in [0, 0.05) is 11.8 Å². The van der Waals surface area contributed by atoms with Crippen molar-refractivity contribution in [1.82, 2.24) is 9.55 Å². The molecule has 0 aliphatic heterocycles. The second kappa shape index (κ2) is 11.0. The van der Waals surface area contributed by atoms with Crippen LogP contribution in [0.15, 0.2) is 83.8 Å². The zero-order valence-corrected chi connectivity index (χ0v) is 19.1. The molecule has 0 atom stereocenters. The predicted octanol–water partition coefficient (Wildman–Crippen LogP) is 5.61. The smallest absolute Gasteiger partial charge is 0.330 e. The van der Waals surface area contributed by atoms with Crippen LogP contribution < -0.4 is 10.4 Å². The van der Waals surface area contributed by atoms with Gasteiger partial charge >= 0.3 is 5.69 Å². The number of H-pyrrole nitrogens is 1. The van der Waals surface area contributed by atoms with Crippen molar-refractivity contribution in [2.24, 2.45) is 0 Å². The van der Waals surface area contributed by atoms with E-state index in [1.165, 1.54) is 36.0 Å². The molecule has 34 heavy (non-hydrogen) atoms. The van der Waals surface area contributed by atoms with Gasteiger partial charge in [0.25, 0.3) is 0 Å². The van der Waals surface area contributed by atoms with E-state index in [-0.39, 0.29) is 23.0 Å². The molecule has 2 N–H and O–H groups in total. The van der Waals surface area contributed by atoms with E-state index in [0.29, 0.717) is 33.8 Å². The number of nitrogens with zero attached hydrogens (tertiary/aromatic N) is 1. The maximum absolute atomic E-state index is 13.2. The molecule has 0 amide bonds. The first-order valence-electron chi connectivity index (χ1n) is 10.7. The van der Waals surface area contributed by atoms with Gasteiger partial charge in [-0.05, 0) is 65.7 Å². The summed E-state index contributed by atoms with van der Waals surface area (Å²) in [5.74, 6) is -0.284. The Morgan fingerprint density at radius 3 is 2.50 bits per heavy atom. The van der Waals surface area contributed by atoms with Crippen LogP contribution in [0, 0.1) is 5.82 Å². The number of imidazole rings is 1. The zero-order valence-electron chi connectivity index (χ0n) is 19.1. The number of phenolic OH excluding ortho intramolecular Hbond substituents is 1. The Kier molecular flexibility index (Phi) is 7.82. The molecule has 0 radical (unpaired) electrons. The average Bonchev–Trinajstić information content (AvgIpc) is 3.26. The van der Waals surface area contributed by atoms with Crippen molar-refractivity contribution in [2.45, 2.75) is 13.8 Å². The average molecular weight is 461 g/mol. The summed E-state index contributed by atoms with van der Waals surface area (Å²) in [4.78, 5) is 27.9. The molecule has 3 aromatic carbocycles. The molecule has 0 aliphatic rings. The molecule has 0 spiro atoms. The van der Waals surface area contributed by atoms with Crippen LogP contribution in [-0.2, 0) is 0 Å². The van der Waals surface area contributed by atoms with Crippen molar-refractivity contribution in [1.29, 1.82) is 0 Å². The maximum Gasteiger partial charge on any atom is 0.330 e. The molecule has 0 fully saturated rings. The highest BCUT2D eigenvalue weighted by atomic mass is 19.1. The van der Waals surface area contributed by atoms with Crippen molar-refractivity contribution in [3.05, 3.63) is 106 Å². The van der Waals surface area contributed by atoms with Gasteiger partial charge in [0.15, 0.2) is 17.3 Å². The van der Waals surface area contributed by atoms with E-state index in [4.69, 9.17) is 4.74 Å². The number of benzene rings is 3. The van der Waals surface area contributed by atoms with Crippen LogP contribution in [0.3, 0.4) is 0 Å². The van der Waals surface area contributed by atoms with Gasteiger partial charge in [-0.1, -0.05) is 38.1 Å². The second-order valence-corrected chi connectivity index (χ2v) is 7.03. The lowest BCUT2D eigenvalue weighted by Crippen LogP contribution is -2.14. The summed E-state index contributed by atoms with van der Waals surface area (Å²) in [7, 11) is 1.45. The number of ketones is 1. The van der Waals surface area contributed by atoms with E-state index in [1.54, 1.807) is 60.8 Å². The Balaban J connectivity index is 0.00000158. The normalized spacial score (nSPS) is 10.6. The van der Waals surface area contributed by atoms with Crippen LogP contribution in [0.25, 0.3) is 23.0 Å². The van der Waals surface area contributed by atoms with Gasteiger partial charge in [-0.2, -0.15) is 0 Å². The molecule has 1 heterocycles. The molecule has 6 nitrogen and oxygen atoms in total. The number of phenols is 1. The number of aromatic hydroxyl groups is 1. The quantitative estimate of drug-likeness (QED) is 0.289. The van der Waals surface area contributed by atoms with E-state index in [0.717, 1.165) is 0 Å². The largest absolute Gasteiger partial charge is 0.504 e. The van der Waals surface area contributed by atoms with Crippen molar-refractivity contribution in [3.8, 4) is 28.4 Å². The minimum absolute atomic E-state index is 0.0145. The topological polar surface area (TPSA) is 84.3 Å². The summed E-state index contributed by atoms with van der Waals surface area (Å²) in [6, 6.07) is 17.2. The van der Waals surface area contributed by atoms with Crippen LogP contribution >= 0.6 is 0 Å². The number of carbonyl (C=O) groups is 1. The number of nitrogens with one attached hydrogen (secondary N) is 1. The number of hydrogen-bond donors (Lipinski definition) is 2. The van der Waals surface area contributed by atoms with Crippen LogP contribution in [0.2, 0.25) is 0 Å². The first-order valence-corrected chi connectivity index (χ1v) is 10.7. The lowest BCUT2D eigenvalue weighted by atomic mass is 10.1. The Hall–Kier alpha value is -4.39. The van der Waals surface area contributed by atoms with Crippen molar-refractivity contribution >= 4 is 11.9 Å². The first kappa shape index (κ1) is 24.3. The monoisotopic (exact) mass is 460 g/mol. The molecule has 7 heteroatoms. The van der Waals surface area contributed by atoms with E-state index in [2.05, 4.69) is 4.98 Å². The Morgan fingerprint density at radius 2 is 1.79 bits per heavy atom. The Labute approximate surface area is 196 Å². The fourth-order valence-corrected chi connectivity index (χ4v) is 3.24. The summed E-state index contributed by atoms with van der Waals surface area (Å²) < 4.78 is 19.6. The van der Waals surface area contributed by atoms with Gasteiger partial charge in [-0.25, -0.2) is 9.18 Å². The van der Waals surface area contributed by atoms with Gasteiger partial charge in [-0.15, -0.1) is 0 Å². The molecule has 0 saturated heterocycles.